The van der Waals surface area contributed by atoms with Gasteiger partial charge in [-0.15, -0.1) is 0 Å². The van der Waals surface area contributed by atoms with E-state index < -0.39 is 0 Å². The van der Waals surface area contributed by atoms with Crippen molar-refractivity contribution in [1.29, 1.82) is 0 Å². The first-order valence-corrected chi connectivity index (χ1v) is 8.11. The number of nitrogens with one attached hydrogen (secondary N) is 3. The first-order chi connectivity index (χ1) is 12.0. The molecule has 1 aliphatic carbocycles. The molecular formula is C19H19N3O3. The average molecular weight is 337 g/mol. The zero-order valence-corrected chi connectivity index (χ0v) is 13.8. The quantitative estimate of drug-likeness (QED) is 0.784. The van der Waals surface area contributed by atoms with E-state index in [1.807, 2.05) is 0 Å². The van der Waals surface area contributed by atoms with Gasteiger partial charge < -0.3 is 16.0 Å². The zero-order chi connectivity index (χ0) is 17.8. The fourth-order valence-electron chi connectivity index (χ4n) is 2.31. The van der Waals surface area contributed by atoms with Crippen LogP contribution in [0.25, 0.3) is 0 Å². The van der Waals surface area contributed by atoms with Crippen LogP contribution in [0.4, 0.5) is 11.4 Å². The van der Waals surface area contributed by atoms with Gasteiger partial charge in [0.1, 0.15) is 0 Å². The van der Waals surface area contributed by atoms with Gasteiger partial charge in [-0.05, 0) is 61.4 Å². The molecule has 1 fully saturated rings. The standard InChI is InChI=1S/C19H19N3O3/c1-12(23)20-15-6-2-13(3-7-15)18(24)21-16-8-4-14(5-9-16)19(25)22-17-10-11-17/h2-9,17H,10-11H2,1H3,(H,20,23)(H,21,24)(H,22,25). The Bertz CT molecular complexity index is 794. The molecule has 0 aromatic heterocycles. The predicted molar refractivity (Wildman–Crippen MR) is 95.6 cm³/mol. The van der Waals surface area contributed by atoms with Crippen molar-refractivity contribution in [2.24, 2.45) is 0 Å². The van der Waals surface area contributed by atoms with Crippen molar-refractivity contribution >= 4 is 29.1 Å². The van der Waals surface area contributed by atoms with Gasteiger partial charge in [0, 0.05) is 35.5 Å². The number of benzene rings is 2. The molecule has 0 atom stereocenters. The lowest BCUT2D eigenvalue weighted by atomic mass is 10.1. The molecule has 3 N–H and O–H groups in total. The van der Waals surface area contributed by atoms with Crippen molar-refractivity contribution in [2.45, 2.75) is 25.8 Å². The molecule has 0 spiro atoms. The number of carbonyl (C=O) groups excluding carboxylic acids is 3. The summed E-state index contributed by atoms with van der Waals surface area (Å²) in [7, 11) is 0. The van der Waals surface area contributed by atoms with Crippen molar-refractivity contribution in [3.8, 4) is 0 Å². The van der Waals surface area contributed by atoms with Gasteiger partial charge in [-0.1, -0.05) is 0 Å². The Hall–Kier alpha value is -3.15. The molecule has 0 unspecified atom stereocenters. The molecule has 0 bridgehead atoms. The minimum atomic E-state index is -0.260. The van der Waals surface area contributed by atoms with E-state index in [-0.39, 0.29) is 17.7 Å². The number of hydrogen-bond acceptors (Lipinski definition) is 3. The fourth-order valence-corrected chi connectivity index (χ4v) is 2.31. The van der Waals surface area contributed by atoms with Gasteiger partial charge in [0.15, 0.2) is 0 Å². The predicted octanol–water partition coefficient (Wildman–Crippen LogP) is 2.79. The van der Waals surface area contributed by atoms with Gasteiger partial charge in [-0.2, -0.15) is 0 Å². The van der Waals surface area contributed by atoms with Crippen LogP contribution in [0.15, 0.2) is 48.5 Å². The molecular weight excluding hydrogens is 318 g/mol. The van der Waals surface area contributed by atoms with Gasteiger partial charge in [0.25, 0.3) is 11.8 Å². The van der Waals surface area contributed by atoms with E-state index >= 15 is 0 Å². The van der Waals surface area contributed by atoms with Crippen LogP contribution in [0.5, 0.6) is 0 Å². The second-order valence-electron chi connectivity index (χ2n) is 6.04. The minimum absolute atomic E-state index is 0.0889. The molecule has 2 aromatic rings. The third-order valence-electron chi connectivity index (χ3n) is 3.78. The highest BCUT2D eigenvalue weighted by molar-refractivity contribution is 6.05. The summed E-state index contributed by atoms with van der Waals surface area (Å²) < 4.78 is 0. The molecule has 1 aliphatic rings. The van der Waals surface area contributed by atoms with Crippen LogP contribution in [0.1, 0.15) is 40.5 Å². The SMILES string of the molecule is CC(=O)Nc1ccc(C(=O)Nc2ccc(C(=O)NC3CC3)cc2)cc1. The lowest BCUT2D eigenvalue weighted by molar-refractivity contribution is -0.114. The highest BCUT2D eigenvalue weighted by atomic mass is 16.2. The van der Waals surface area contributed by atoms with E-state index in [2.05, 4.69) is 16.0 Å². The van der Waals surface area contributed by atoms with E-state index in [4.69, 9.17) is 0 Å². The summed E-state index contributed by atoms with van der Waals surface area (Å²) in [5, 5.41) is 8.35. The largest absolute Gasteiger partial charge is 0.349 e. The van der Waals surface area contributed by atoms with Crippen LogP contribution in [-0.4, -0.2) is 23.8 Å². The summed E-state index contributed by atoms with van der Waals surface area (Å²) >= 11 is 0. The second-order valence-corrected chi connectivity index (χ2v) is 6.04. The smallest absolute Gasteiger partial charge is 0.255 e. The normalized spacial score (nSPS) is 13.0. The van der Waals surface area contributed by atoms with Gasteiger partial charge in [-0.3, -0.25) is 14.4 Å². The van der Waals surface area contributed by atoms with Crippen molar-refractivity contribution in [3.05, 3.63) is 59.7 Å². The van der Waals surface area contributed by atoms with Crippen LogP contribution in [0.2, 0.25) is 0 Å². The number of hydrogen-bond donors (Lipinski definition) is 3. The van der Waals surface area contributed by atoms with E-state index in [0.717, 1.165) is 12.8 Å². The van der Waals surface area contributed by atoms with Crippen molar-refractivity contribution in [1.82, 2.24) is 5.32 Å². The molecule has 1 saturated carbocycles. The Morgan fingerprint density at radius 3 is 1.72 bits per heavy atom. The summed E-state index contributed by atoms with van der Waals surface area (Å²) in [4.78, 5) is 35.2. The fraction of sp³-hybridized carbons (Fsp3) is 0.211. The molecule has 2 aromatic carbocycles. The van der Waals surface area contributed by atoms with Crippen LogP contribution in [-0.2, 0) is 4.79 Å². The van der Waals surface area contributed by atoms with Crippen molar-refractivity contribution < 1.29 is 14.4 Å². The van der Waals surface area contributed by atoms with Gasteiger partial charge in [0.2, 0.25) is 5.91 Å². The number of carbonyl (C=O) groups is 3. The van der Waals surface area contributed by atoms with Gasteiger partial charge >= 0.3 is 0 Å². The second kappa shape index (κ2) is 7.17. The number of anilines is 2. The van der Waals surface area contributed by atoms with Crippen molar-refractivity contribution in [3.63, 3.8) is 0 Å². The topological polar surface area (TPSA) is 87.3 Å². The minimum Gasteiger partial charge on any atom is -0.349 e. The molecule has 0 saturated heterocycles. The first-order valence-electron chi connectivity index (χ1n) is 8.11. The maximum absolute atomic E-state index is 12.2. The van der Waals surface area contributed by atoms with E-state index in [0.29, 0.717) is 28.5 Å². The molecule has 0 radical (unpaired) electrons. The third-order valence-corrected chi connectivity index (χ3v) is 3.78. The molecule has 6 nitrogen and oxygen atoms in total. The Morgan fingerprint density at radius 1 is 0.760 bits per heavy atom. The lowest BCUT2D eigenvalue weighted by Crippen LogP contribution is -2.25. The highest BCUT2D eigenvalue weighted by Gasteiger charge is 2.23. The van der Waals surface area contributed by atoms with Crippen LogP contribution in [0.3, 0.4) is 0 Å². The van der Waals surface area contributed by atoms with Crippen LogP contribution in [0, 0.1) is 0 Å². The highest BCUT2D eigenvalue weighted by Crippen LogP contribution is 2.20. The molecule has 6 heteroatoms. The van der Waals surface area contributed by atoms with Gasteiger partial charge in [-0.25, -0.2) is 0 Å². The van der Waals surface area contributed by atoms with Crippen molar-refractivity contribution in [2.75, 3.05) is 10.6 Å². The Morgan fingerprint density at radius 2 is 1.24 bits per heavy atom. The molecule has 3 amide bonds. The summed E-state index contributed by atoms with van der Waals surface area (Å²) in [6.45, 7) is 1.43. The average Bonchev–Trinajstić information content (AvgIpc) is 3.39. The molecule has 0 aliphatic heterocycles. The Kier molecular flexibility index (Phi) is 4.79. The van der Waals surface area contributed by atoms with Gasteiger partial charge in [0.05, 0.1) is 0 Å². The Labute approximate surface area is 145 Å². The van der Waals surface area contributed by atoms with E-state index in [1.54, 1.807) is 48.5 Å². The summed E-state index contributed by atoms with van der Waals surface area (Å²) in [5.41, 5.74) is 2.29. The summed E-state index contributed by atoms with van der Waals surface area (Å²) in [5.74, 6) is -0.512. The number of amides is 3. The number of rotatable bonds is 5. The maximum Gasteiger partial charge on any atom is 0.255 e. The monoisotopic (exact) mass is 337 g/mol. The van der Waals surface area contributed by atoms with E-state index in [9.17, 15) is 14.4 Å². The third kappa shape index (κ3) is 4.67. The summed E-state index contributed by atoms with van der Waals surface area (Å²) in [6.07, 6.45) is 2.08. The Balaban J connectivity index is 1.60. The summed E-state index contributed by atoms with van der Waals surface area (Å²) in [6, 6.07) is 13.7. The van der Waals surface area contributed by atoms with E-state index in [1.165, 1.54) is 6.92 Å². The molecule has 0 heterocycles. The molecule has 3 rings (SSSR count). The zero-order valence-electron chi connectivity index (χ0n) is 13.8. The first kappa shape index (κ1) is 16.7. The molecule has 25 heavy (non-hydrogen) atoms. The molecule has 128 valence electrons. The maximum atomic E-state index is 12.2. The lowest BCUT2D eigenvalue weighted by Gasteiger charge is -2.08. The van der Waals surface area contributed by atoms with Crippen LogP contribution < -0.4 is 16.0 Å². The van der Waals surface area contributed by atoms with Crippen LogP contribution >= 0.6 is 0 Å².